The van der Waals surface area contributed by atoms with E-state index in [1.807, 2.05) is 0 Å². The van der Waals surface area contributed by atoms with Crippen molar-refractivity contribution in [2.75, 3.05) is 28.2 Å². The van der Waals surface area contributed by atoms with Crippen molar-refractivity contribution < 1.29 is 19.5 Å². The van der Waals surface area contributed by atoms with Gasteiger partial charge in [-0.1, -0.05) is 0 Å². The first-order valence-corrected chi connectivity index (χ1v) is 8.29. The number of pyridine rings is 2. The van der Waals surface area contributed by atoms with Crippen molar-refractivity contribution in [1.82, 2.24) is 9.97 Å². The van der Waals surface area contributed by atoms with E-state index in [-0.39, 0.29) is 23.1 Å². The summed E-state index contributed by atoms with van der Waals surface area (Å²) in [5.41, 5.74) is 6.01. The van der Waals surface area contributed by atoms with Crippen molar-refractivity contribution in [2.45, 2.75) is 12.5 Å². The van der Waals surface area contributed by atoms with Gasteiger partial charge in [0.2, 0.25) is 5.91 Å². The summed E-state index contributed by atoms with van der Waals surface area (Å²) in [6.45, 7) is 1.42. The second-order valence-corrected chi connectivity index (χ2v) is 6.33. The number of hydrogen-bond donors (Lipinski definition) is 3. The van der Waals surface area contributed by atoms with Crippen LogP contribution in [0, 0.1) is 0 Å². The van der Waals surface area contributed by atoms with Gasteiger partial charge in [-0.25, -0.2) is 19.6 Å². The number of carboxylic acid groups (broad SMARTS) is 1. The molecule has 1 unspecified atom stereocenters. The number of carboxylic acids is 1. The van der Waals surface area contributed by atoms with Crippen molar-refractivity contribution in [1.29, 1.82) is 0 Å². The average molecular weight is 368 g/mol. The minimum atomic E-state index is -1.16. The summed E-state index contributed by atoms with van der Waals surface area (Å²) in [5, 5.41) is 11.9. The summed E-state index contributed by atoms with van der Waals surface area (Å²) in [7, 11) is 0. The van der Waals surface area contributed by atoms with Crippen molar-refractivity contribution in [3.8, 4) is 0 Å². The molecule has 1 atom stereocenters. The first-order chi connectivity index (χ1) is 12.9. The molecule has 4 rings (SSSR count). The fourth-order valence-electron chi connectivity index (χ4n) is 3.37. The van der Waals surface area contributed by atoms with Crippen molar-refractivity contribution in [3.05, 3.63) is 41.7 Å². The van der Waals surface area contributed by atoms with E-state index in [0.717, 1.165) is 18.7 Å². The first-order valence-electron chi connectivity index (χ1n) is 8.29. The van der Waals surface area contributed by atoms with E-state index in [1.54, 1.807) is 6.07 Å². The van der Waals surface area contributed by atoms with E-state index < -0.39 is 17.9 Å². The lowest BCUT2D eigenvalue weighted by Gasteiger charge is -2.35. The van der Waals surface area contributed by atoms with Crippen LogP contribution in [0.25, 0.3) is 0 Å². The smallest absolute Gasteiger partial charge is 0.354 e. The fourth-order valence-corrected chi connectivity index (χ4v) is 3.37. The molecule has 10 heteroatoms. The highest BCUT2D eigenvalue weighted by atomic mass is 16.4. The maximum Gasteiger partial charge on any atom is 0.354 e. The van der Waals surface area contributed by atoms with E-state index >= 15 is 0 Å². The number of aromatic nitrogens is 2. The molecule has 4 heterocycles. The standard InChI is InChI=1S/C17H16N6O4/c18-14(24)9-1-4-13(19-7-9)21-17(27)23-10-5-6-22(8-10)12-3-2-11(16(25)26)20-15(12)23/h1-4,7,10H,5-6,8H2,(H2,18,24)(H,25,26)(H,19,21,27). The van der Waals surface area contributed by atoms with E-state index in [4.69, 9.17) is 5.73 Å². The molecular weight excluding hydrogens is 352 g/mol. The molecule has 27 heavy (non-hydrogen) atoms. The molecule has 1 fully saturated rings. The Kier molecular flexibility index (Phi) is 3.87. The average Bonchev–Trinajstić information content (AvgIpc) is 3.06. The zero-order valence-electron chi connectivity index (χ0n) is 14.1. The predicted molar refractivity (Wildman–Crippen MR) is 96.1 cm³/mol. The lowest BCUT2D eigenvalue weighted by Crippen LogP contribution is -2.48. The van der Waals surface area contributed by atoms with Crippen LogP contribution in [0.3, 0.4) is 0 Å². The number of nitrogens with two attached hydrogens (primary N) is 1. The van der Waals surface area contributed by atoms with Crippen LogP contribution in [-0.2, 0) is 0 Å². The van der Waals surface area contributed by atoms with Gasteiger partial charge >= 0.3 is 12.0 Å². The third-order valence-electron chi connectivity index (χ3n) is 4.67. The van der Waals surface area contributed by atoms with E-state index in [1.165, 1.54) is 29.3 Å². The maximum absolute atomic E-state index is 12.9. The molecule has 10 nitrogen and oxygen atoms in total. The minimum absolute atomic E-state index is 0.112. The van der Waals surface area contributed by atoms with Crippen molar-refractivity contribution in [2.24, 2.45) is 5.73 Å². The number of amides is 3. The van der Waals surface area contributed by atoms with Crippen LogP contribution in [0.1, 0.15) is 27.3 Å². The van der Waals surface area contributed by atoms with Gasteiger partial charge in [-0.05, 0) is 30.7 Å². The van der Waals surface area contributed by atoms with E-state index in [9.17, 15) is 19.5 Å². The van der Waals surface area contributed by atoms with Gasteiger partial charge in [0.05, 0.1) is 17.3 Å². The molecule has 1 saturated heterocycles. The Morgan fingerprint density at radius 1 is 1.22 bits per heavy atom. The quantitative estimate of drug-likeness (QED) is 0.731. The number of urea groups is 1. The van der Waals surface area contributed by atoms with Gasteiger partial charge < -0.3 is 15.7 Å². The Morgan fingerprint density at radius 2 is 2.04 bits per heavy atom. The van der Waals surface area contributed by atoms with Crippen molar-refractivity contribution >= 4 is 35.2 Å². The maximum atomic E-state index is 12.9. The summed E-state index contributed by atoms with van der Waals surface area (Å²) in [5.74, 6) is -1.20. The first kappa shape index (κ1) is 16.8. The molecule has 3 amide bonds. The Morgan fingerprint density at radius 3 is 2.70 bits per heavy atom. The molecular formula is C17H16N6O4. The predicted octanol–water partition coefficient (Wildman–Crippen LogP) is 0.904. The van der Waals surface area contributed by atoms with Crippen LogP contribution in [0.4, 0.5) is 22.1 Å². The summed E-state index contributed by atoms with van der Waals surface area (Å²) < 4.78 is 0. The number of hydrogen-bond acceptors (Lipinski definition) is 6. The van der Waals surface area contributed by atoms with Crippen LogP contribution < -0.4 is 20.9 Å². The van der Waals surface area contributed by atoms with Crippen LogP contribution in [0.2, 0.25) is 0 Å². The molecule has 4 N–H and O–H groups in total. The third kappa shape index (κ3) is 2.90. The highest BCUT2D eigenvalue weighted by Crippen LogP contribution is 2.39. The van der Waals surface area contributed by atoms with Crippen LogP contribution >= 0.6 is 0 Å². The highest BCUT2D eigenvalue weighted by molar-refractivity contribution is 6.04. The van der Waals surface area contributed by atoms with Gasteiger partial charge in [0, 0.05) is 19.3 Å². The molecule has 2 bridgehead atoms. The highest BCUT2D eigenvalue weighted by Gasteiger charge is 2.40. The molecule has 138 valence electrons. The van der Waals surface area contributed by atoms with Crippen LogP contribution in [0.15, 0.2) is 30.5 Å². The second-order valence-electron chi connectivity index (χ2n) is 6.33. The minimum Gasteiger partial charge on any atom is -0.477 e. The molecule has 2 aromatic heterocycles. The summed E-state index contributed by atoms with van der Waals surface area (Å²) in [6, 6.07) is 5.47. The number of anilines is 3. The van der Waals surface area contributed by atoms with Gasteiger partial charge in [-0.3, -0.25) is 15.0 Å². The summed E-state index contributed by atoms with van der Waals surface area (Å²) >= 11 is 0. The Labute approximate surface area is 153 Å². The normalized spacial score (nSPS) is 17.4. The number of rotatable bonds is 3. The van der Waals surface area contributed by atoms with Gasteiger partial charge in [-0.2, -0.15) is 0 Å². The van der Waals surface area contributed by atoms with Crippen LogP contribution in [0.5, 0.6) is 0 Å². The number of fused-ring (bicyclic) bond motifs is 4. The molecule has 2 aromatic rings. The van der Waals surface area contributed by atoms with Crippen LogP contribution in [-0.4, -0.2) is 52.1 Å². The van der Waals surface area contributed by atoms with Crippen molar-refractivity contribution in [3.63, 3.8) is 0 Å². The van der Waals surface area contributed by atoms with E-state index in [2.05, 4.69) is 20.2 Å². The zero-order chi connectivity index (χ0) is 19.1. The SMILES string of the molecule is NC(=O)c1ccc(NC(=O)N2c3nc(C(=O)O)ccc3N3CCC2C3)nc1. The Hall–Kier alpha value is -3.69. The molecule has 0 aliphatic carbocycles. The van der Waals surface area contributed by atoms with Gasteiger partial charge in [0.15, 0.2) is 11.5 Å². The Bertz CT molecular complexity index is 945. The molecule has 0 aromatic carbocycles. The van der Waals surface area contributed by atoms with Gasteiger partial charge in [0.1, 0.15) is 5.82 Å². The lowest BCUT2D eigenvalue weighted by molar-refractivity contribution is 0.0690. The second kappa shape index (κ2) is 6.24. The largest absolute Gasteiger partial charge is 0.477 e. The third-order valence-corrected chi connectivity index (χ3v) is 4.67. The molecule has 2 aliphatic heterocycles. The number of nitrogens with one attached hydrogen (secondary N) is 1. The molecule has 0 saturated carbocycles. The summed E-state index contributed by atoms with van der Waals surface area (Å²) in [6.07, 6.45) is 2.03. The number of primary amides is 1. The molecule has 0 spiro atoms. The summed E-state index contributed by atoms with van der Waals surface area (Å²) in [4.78, 5) is 47.0. The van der Waals surface area contributed by atoms with Gasteiger partial charge in [-0.15, -0.1) is 0 Å². The van der Waals surface area contributed by atoms with E-state index in [0.29, 0.717) is 12.4 Å². The number of nitrogens with zero attached hydrogens (tertiary/aromatic N) is 4. The topological polar surface area (TPSA) is 142 Å². The number of aromatic carboxylic acids is 1. The Balaban J connectivity index is 1.65. The fraction of sp³-hybridized carbons (Fsp3) is 0.235. The number of carbonyl (C=O) groups excluding carboxylic acids is 2. The van der Waals surface area contributed by atoms with Gasteiger partial charge in [0.25, 0.3) is 0 Å². The number of carbonyl (C=O) groups is 3. The lowest BCUT2D eigenvalue weighted by atomic mass is 10.2. The monoisotopic (exact) mass is 368 g/mol. The molecule has 2 aliphatic rings. The zero-order valence-corrected chi connectivity index (χ0v) is 14.1. The molecule has 0 radical (unpaired) electrons.